The molecular formula is C68H93N13O6S2. The zero-order chi connectivity index (χ0) is 63.3. The van der Waals surface area contributed by atoms with Gasteiger partial charge in [-0.25, -0.2) is 46.2 Å². The van der Waals surface area contributed by atoms with Crippen LogP contribution in [0.2, 0.25) is 0 Å². The molecule has 0 saturated carbocycles. The number of sulfonamides is 2. The Balaban J connectivity index is 0.000000211. The van der Waals surface area contributed by atoms with Crippen LogP contribution in [0.25, 0.3) is 0 Å². The number of aryl methyl sites for hydroxylation is 4. The maximum atomic E-state index is 13.4. The number of carbonyl (C=O) groups excluding carboxylic acids is 2. The van der Waals surface area contributed by atoms with Gasteiger partial charge in [0.15, 0.2) is 0 Å². The summed E-state index contributed by atoms with van der Waals surface area (Å²) in [6.07, 6.45) is 11.0. The predicted molar refractivity (Wildman–Crippen MR) is 353 cm³/mol. The summed E-state index contributed by atoms with van der Waals surface area (Å²) in [6, 6.07) is 38.4. The van der Waals surface area contributed by atoms with Crippen molar-refractivity contribution in [1.29, 1.82) is 0 Å². The molecule has 89 heavy (non-hydrogen) atoms. The van der Waals surface area contributed by atoms with Crippen LogP contribution in [0.15, 0.2) is 122 Å². The maximum absolute atomic E-state index is 13.4. The SMILES string of the molecule is CCS(=O)(=O)NCc1ccc(N(Cc2ccccc2)C2CCN(C3(C)CCN(C(=O)c4c(C)ncnc4C)CC3)CC2)cc1.Cc1ncnc(C)c1C(=O)N1CCC(C)(N2CCC(N(Cc3ccccc3)c3ccc(CNS(=O)(=O)CCN)cc3)CC2)CC1. The monoisotopic (exact) mass is 1250 g/mol. The van der Waals surface area contributed by atoms with Crippen LogP contribution in [-0.2, 0) is 46.2 Å². The minimum atomic E-state index is -3.37. The van der Waals surface area contributed by atoms with E-state index in [1.165, 1.54) is 23.8 Å². The Morgan fingerprint density at radius 3 is 1.17 bits per heavy atom. The zero-order valence-corrected chi connectivity index (χ0v) is 54.9. The number of hydrogen-bond donors (Lipinski definition) is 3. The van der Waals surface area contributed by atoms with Gasteiger partial charge in [-0.3, -0.25) is 19.4 Å². The smallest absolute Gasteiger partial charge is 0.257 e. The van der Waals surface area contributed by atoms with Crippen LogP contribution in [0.4, 0.5) is 11.4 Å². The average molecular weight is 1250 g/mol. The molecule has 478 valence electrons. The molecule has 21 heteroatoms. The Bertz CT molecular complexity index is 3470. The van der Waals surface area contributed by atoms with Gasteiger partial charge in [-0.05, 0) is 146 Å². The minimum Gasteiger partial charge on any atom is -0.364 e. The summed E-state index contributed by atoms with van der Waals surface area (Å²) >= 11 is 0. The second-order valence-electron chi connectivity index (χ2n) is 25.1. The number of benzene rings is 4. The lowest BCUT2D eigenvalue weighted by molar-refractivity contribution is 0.0166. The van der Waals surface area contributed by atoms with Crippen LogP contribution in [0.3, 0.4) is 0 Å². The van der Waals surface area contributed by atoms with Crippen molar-refractivity contribution in [1.82, 2.24) is 49.0 Å². The number of rotatable bonds is 21. The number of aromatic nitrogens is 4. The van der Waals surface area contributed by atoms with E-state index in [1.807, 2.05) is 73.9 Å². The van der Waals surface area contributed by atoms with Gasteiger partial charge in [0.05, 0.1) is 45.4 Å². The van der Waals surface area contributed by atoms with Crippen molar-refractivity contribution < 1.29 is 26.4 Å². The highest BCUT2D eigenvalue weighted by Gasteiger charge is 2.42. The van der Waals surface area contributed by atoms with Crippen molar-refractivity contribution in [2.75, 3.05) is 80.2 Å². The number of likely N-dealkylation sites (tertiary alicyclic amines) is 4. The number of nitrogens with zero attached hydrogens (tertiary/aromatic N) is 10. The quantitative estimate of drug-likeness (QED) is 0.0616. The minimum absolute atomic E-state index is 0.0434. The topological polar surface area (TPSA) is 224 Å². The molecular weight excluding hydrogens is 1160 g/mol. The van der Waals surface area contributed by atoms with Gasteiger partial charge in [0.1, 0.15) is 12.7 Å². The van der Waals surface area contributed by atoms with E-state index in [2.05, 4.69) is 136 Å². The van der Waals surface area contributed by atoms with Crippen molar-refractivity contribution >= 4 is 43.2 Å². The summed E-state index contributed by atoms with van der Waals surface area (Å²) in [4.78, 5) is 58.0. The molecule has 4 saturated heterocycles. The van der Waals surface area contributed by atoms with Crippen molar-refractivity contribution in [2.45, 2.75) is 149 Å². The molecule has 0 bridgehead atoms. The molecule has 6 heterocycles. The Morgan fingerprint density at radius 1 is 0.506 bits per heavy atom. The van der Waals surface area contributed by atoms with E-state index in [0.29, 0.717) is 29.8 Å². The highest BCUT2D eigenvalue weighted by Crippen LogP contribution is 2.37. The molecule has 0 unspecified atom stereocenters. The number of carbonyl (C=O) groups is 2. The number of piperidine rings is 4. The molecule has 0 aliphatic carbocycles. The predicted octanol–water partition coefficient (Wildman–Crippen LogP) is 8.34. The van der Waals surface area contributed by atoms with E-state index in [-0.39, 0.29) is 47.5 Å². The van der Waals surface area contributed by atoms with E-state index in [0.717, 1.165) is 162 Å². The molecule has 2 aromatic heterocycles. The number of nitrogens with two attached hydrogens (primary N) is 1. The average Bonchev–Trinajstić information content (AvgIpc) is 1.05. The first-order valence-electron chi connectivity index (χ1n) is 31.8. The summed E-state index contributed by atoms with van der Waals surface area (Å²) in [5, 5.41) is 0. The van der Waals surface area contributed by atoms with Gasteiger partial charge in [0, 0.05) is 120 Å². The summed E-state index contributed by atoms with van der Waals surface area (Å²) in [5.74, 6) is 0.0904. The standard InChI is InChI=1S/C34H47N7O3S.C34H46N6O3S/c1-26-32(27(2)37-25-36-26)33(42)39-20-15-34(3,16-21-39)40-18-13-31(14-19-40)41(24-29-7-5-4-6-8-29)30-11-9-28(10-12-30)23-38-45(43,44)22-17-35;1-5-44(42,43)37-23-28-11-13-30(14-12-28)40(24-29-9-7-6-8-10-29)31-15-19-39(20-16-31)34(4)17-21-38(22-18-34)33(41)32-26(2)35-25-36-27(32)3/h4-12,25,31,38H,13-24,35H2,1-3H3;6-14,25,31,37H,5,15-24H2,1-4H3. The first-order chi connectivity index (χ1) is 42.7. The molecule has 6 aromatic rings. The summed E-state index contributed by atoms with van der Waals surface area (Å²) in [5.41, 5.74) is 16.5. The van der Waals surface area contributed by atoms with Crippen LogP contribution < -0.4 is 25.0 Å². The molecule has 4 aromatic carbocycles. The molecule has 0 radical (unpaired) electrons. The highest BCUT2D eigenvalue weighted by molar-refractivity contribution is 7.89. The second-order valence-corrected chi connectivity index (χ2v) is 29.1. The lowest BCUT2D eigenvalue weighted by Gasteiger charge is -2.50. The largest absolute Gasteiger partial charge is 0.364 e. The summed E-state index contributed by atoms with van der Waals surface area (Å²) in [7, 11) is -6.61. The Morgan fingerprint density at radius 2 is 0.843 bits per heavy atom. The van der Waals surface area contributed by atoms with Crippen molar-refractivity contribution in [3.8, 4) is 0 Å². The molecule has 0 spiro atoms. The number of hydrogen-bond acceptors (Lipinski definition) is 15. The summed E-state index contributed by atoms with van der Waals surface area (Å²) < 4.78 is 53.2. The first-order valence-corrected chi connectivity index (χ1v) is 35.1. The third-order valence-corrected chi connectivity index (χ3v) is 21.9. The molecule has 0 atom stereocenters. The van der Waals surface area contributed by atoms with Crippen LogP contribution in [0, 0.1) is 27.7 Å². The van der Waals surface area contributed by atoms with Gasteiger partial charge in [-0.1, -0.05) is 84.9 Å². The lowest BCUT2D eigenvalue weighted by atomic mass is 9.85. The molecule has 4 N–H and O–H groups in total. The fourth-order valence-electron chi connectivity index (χ4n) is 13.3. The molecule has 4 aliphatic rings. The number of anilines is 2. The molecule has 4 fully saturated rings. The lowest BCUT2D eigenvalue weighted by Crippen LogP contribution is -2.58. The Hall–Kier alpha value is -6.72. The Labute approximate surface area is 529 Å². The fraction of sp³-hybridized carbons (Fsp3) is 0.500. The molecule has 10 rings (SSSR count). The number of nitrogens with one attached hydrogen (secondary N) is 2. The molecule has 4 aliphatic heterocycles. The highest BCUT2D eigenvalue weighted by atomic mass is 32.2. The van der Waals surface area contributed by atoms with Gasteiger partial charge in [0.2, 0.25) is 20.0 Å². The van der Waals surface area contributed by atoms with Crippen LogP contribution >= 0.6 is 0 Å². The summed E-state index contributed by atoms with van der Waals surface area (Å²) in [6.45, 7) is 23.2. The number of amides is 2. The van der Waals surface area contributed by atoms with E-state index in [9.17, 15) is 26.4 Å². The molecule has 2 amide bonds. The molecule has 19 nitrogen and oxygen atoms in total. The van der Waals surface area contributed by atoms with Crippen molar-refractivity contribution in [2.24, 2.45) is 5.73 Å². The van der Waals surface area contributed by atoms with Crippen LogP contribution in [-0.4, -0.2) is 162 Å². The van der Waals surface area contributed by atoms with Gasteiger partial charge < -0.3 is 25.3 Å². The fourth-order valence-corrected chi connectivity index (χ4v) is 14.8. The first kappa shape index (κ1) is 66.7. The van der Waals surface area contributed by atoms with E-state index >= 15 is 0 Å². The normalized spacial score (nSPS) is 17.8. The van der Waals surface area contributed by atoms with E-state index < -0.39 is 20.0 Å². The maximum Gasteiger partial charge on any atom is 0.257 e. The third kappa shape index (κ3) is 17.2. The van der Waals surface area contributed by atoms with E-state index in [4.69, 9.17) is 5.73 Å². The van der Waals surface area contributed by atoms with Gasteiger partial charge in [-0.2, -0.15) is 0 Å². The zero-order valence-electron chi connectivity index (χ0n) is 53.3. The van der Waals surface area contributed by atoms with Crippen molar-refractivity contribution in [3.05, 3.63) is 178 Å². The van der Waals surface area contributed by atoms with Gasteiger partial charge in [-0.15, -0.1) is 0 Å². The third-order valence-electron chi connectivity index (χ3n) is 19.2. The van der Waals surface area contributed by atoms with Crippen molar-refractivity contribution in [3.63, 3.8) is 0 Å². The Kier molecular flexibility index (Phi) is 22.4. The van der Waals surface area contributed by atoms with Crippen LogP contribution in [0.1, 0.15) is 138 Å². The van der Waals surface area contributed by atoms with E-state index in [1.54, 1.807) is 6.92 Å². The van der Waals surface area contributed by atoms with Gasteiger partial charge in [0.25, 0.3) is 11.8 Å². The second kappa shape index (κ2) is 29.9. The van der Waals surface area contributed by atoms with Gasteiger partial charge >= 0.3 is 0 Å². The van der Waals surface area contributed by atoms with Crippen LogP contribution in [0.5, 0.6) is 0 Å².